The lowest BCUT2D eigenvalue weighted by Gasteiger charge is -2.29. The van der Waals surface area contributed by atoms with Gasteiger partial charge >= 0.3 is 5.97 Å². The van der Waals surface area contributed by atoms with E-state index in [0.717, 1.165) is 53.0 Å². The fraction of sp³-hybridized carbons (Fsp3) is 0.361. The third kappa shape index (κ3) is 6.07. The monoisotopic (exact) mass is 584 g/mol. The van der Waals surface area contributed by atoms with Gasteiger partial charge in [0, 0.05) is 46.8 Å². The lowest BCUT2D eigenvalue weighted by atomic mass is 9.76. The Bertz CT molecular complexity index is 1610. The van der Waals surface area contributed by atoms with Crippen LogP contribution in [-0.4, -0.2) is 28.9 Å². The second-order valence-electron chi connectivity index (χ2n) is 12.7. The van der Waals surface area contributed by atoms with Crippen LogP contribution in [0.15, 0.2) is 72.8 Å². The predicted molar refractivity (Wildman–Crippen MR) is 174 cm³/mol. The molecule has 1 N–H and O–H groups in total. The molecule has 5 nitrogen and oxygen atoms in total. The molecule has 0 radical (unpaired) electrons. The highest BCUT2D eigenvalue weighted by atomic mass is 35.5. The fourth-order valence-electron chi connectivity index (χ4n) is 6.21. The summed E-state index contributed by atoms with van der Waals surface area (Å²) in [6.45, 7) is 12.2. The smallest absolute Gasteiger partial charge is 0.309 e. The highest BCUT2D eigenvalue weighted by Gasteiger charge is 2.35. The van der Waals surface area contributed by atoms with Crippen molar-refractivity contribution >= 4 is 40.2 Å². The Balaban J connectivity index is 1.61. The van der Waals surface area contributed by atoms with Gasteiger partial charge in [-0.05, 0) is 78.8 Å². The Morgan fingerprint density at radius 1 is 1.02 bits per heavy atom. The van der Waals surface area contributed by atoms with E-state index in [0.29, 0.717) is 24.7 Å². The number of hydrogen-bond acceptors (Lipinski definition) is 3. The van der Waals surface area contributed by atoms with Crippen LogP contribution in [0.2, 0.25) is 5.02 Å². The molecule has 0 fully saturated rings. The Morgan fingerprint density at radius 3 is 2.48 bits per heavy atom. The molecule has 0 saturated heterocycles. The van der Waals surface area contributed by atoms with E-state index in [1.807, 2.05) is 44.2 Å². The molecular formula is C36H41ClN2O3. The van der Waals surface area contributed by atoms with Gasteiger partial charge in [-0.2, -0.15) is 0 Å². The zero-order valence-corrected chi connectivity index (χ0v) is 26.0. The molecule has 0 spiro atoms. The maximum atomic E-state index is 12.4. The van der Waals surface area contributed by atoms with Crippen LogP contribution in [0.25, 0.3) is 17.0 Å². The summed E-state index contributed by atoms with van der Waals surface area (Å²) in [6.07, 6.45) is 6.74. The molecule has 42 heavy (non-hydrogen) atoms. The number of aromatic nitrogens is 1. The number of benzene rings is 3. The zero-order valence-electron chi connectivity index (χ0n) is 25.3. The molecule has 0 unspecified atom stereocenters. The van der Waals surface area contributed by atoms with Crippen LogP contribution >= 0.6 is 11.6 Å². The zero-order chi connectivity index (χ0) is 30.1. The average Bonchev–Trinajstić information content (AvgIpc) is 3.25. The Kier molecular flexibility index (Phi) is 8.43. The van der Waals surface area contributed by atoms with Crippen LogP contribution in [-0.2, 0) is 23.2 Å². The summed E-state index contributed by atoms with van der Waals surface area (Å²) in [4.78, 5) is 14.6. The molecule has 0 aliphatic carbocycles. The van der Waals surface area contributed by atoms with E-state index in [1.54, 1.807) is 0 Å². The molecule has 1 aromatic heterocycles. The Hall–Kier alpha value is -3.70. The summed E-state index contributed by atoms with van der Waals surface area (Å²) >= 11 is 6.20. The lowest BCUT2D eigenvalue weighted by molar-refractivity contribution is -0.146. The van der Waals surface area contributed by atoms with E-state index in [-0.39, 0.29) is 5.41 Å². The minimum absolute atomic E-state index is 0.169. The van der Waals surface area contributed by atoms with Crippen molar-refractivity contribution in [3.05, 3.63) is 100 Å². The molecule has 4 aromatic rings. The van der Waals surface area contributed by atoms with Gasteiger partial charge in [-0.15, -0.1) is 0 Å². The quantitative estimate of drug-likeness (QED) is 0.191. The summed E-state index contributed by atoms with van der Waals surface area (Å²) in [5.74, 6) is 0.000650. The second kappa shape index (κ2) is 11.9. The first-order chi connectivity index (χ1) is 20.0. The van der Waals surface area contributed by atoms with Gasteiger partial charge in [0.2, 0.25) is 0 Å². The van der Waals surface area contributed by atoms with E-state index < -0.39 is 11.4 Å². The molecule has 5 rings (SSSR count). The fourth-order valence-corrected chi connectivity index (χ4v) is 6.33. The number of fused-ring (bicyclic) bond motifs is 2. The van der Waals surface area contributed by atoms with E-state index in [9.17, 15) is 9.90 Å². The van der Waals surface area contributed by atoms with E-state index in [1.165, 1.54) is 11.1 Å². The number of aliphatic carboxylic acids is 1. The van der Waals surface area contributed by atoms with Crippen molar-refractivity contribution < 1.29 is 14.6 Å². The number of rotatable bonds is 11. The highest BCUT2D eigenvalue weighted by Crippen LogP contribution is 2.42. The van der Waals surface area contributed by atoms with Gasteiger partial charge < -0.3 is 19.3 Å². The average molecular weight is 585 g/mol. The number of carboxylic acid groups (broad SMARTS) is 1. The number of carbonyl (C=O) groups is 1. The lowest BCUT2D eigenvalue weighted by Crippen LogP contribution is -2.30. The highest BCUT2D eigenvalue weighted by molar-refractivity contribution is 6.30. The molecule has 0 amide bonds. The van der Waals surface area contributed by atoms with Gasteiger partial charge in [-0.3, -0.25) is 4.79 Å². The molecule has 0 bridgehead atoms. The van der Waals surface area contributed by atoms with E-state index >= 15 is 0 Å². The molecular weight excluding hydrogens is 544 g/mol. The predicted octanol–water partition coefficient (Wildman–Crippen LogP) is 8.94. The number of nitrogens with zero attached hydrogens (tertiary/aromatic N) is 2. The molecule has 0 saturated carbocycles. The summed E-state index contributed by atoms with van der Waals surface area (Å²) in [5.41, 5.74) is 5.73. The molecule has 0 atom stereocenters. The molecule has 1 aliphatic rings. The van der Waals surface area contributed by atoms with Crippen molar-refractivity contribution in [2.75, 3.05) is 18.2 Å². The summed E-state index contributed by atoms with van der Waals surface area (Å²) < 4.78 is 8.74. The molecule has 1 aliphatic heterocycles. The van der Waals surface area contributed by atoms with Gasteiger partial charge in [0.05, 0.1) is 5.41 Å². The van der Waals surface area contributed by atoms with Gasteiger partial charge in [0.15, 0.2) is 6.73 Å². The Labute approximate surface area is 254 Å². The van der Waals surface area contributed by atoms with Gasteiger partial charge in [0.1, 0.15) is 5.75 Å². The third-order valence-electron chi connectivity index (χ3n) is 8.42. The first-order valence-corrected chi connectivity index (χ1v) is 15.1. The van der Waals surface area contributed by atoms with Crippen LogP contribution < -0.4 is 9.64 Å². The van der Waals surface area contributed by atoms with Gasteiger partial charge in [-0.1, -0.05) is 81.3 Å². The second-order valence-corrected chi connectivity index (χ2v) is 13.1. The summed E-state index contributed by atoms with van der Waals surface area (Å²) in [7, 11) is 0. The number of anilines is 1. The van der Waals surface area contributed by atoms with E-state index in [4.69, 9.17) is 16.3 Å². The minimum atomic E-state index is -0.933. The van der Waals surface area contributed by atoms with Crippen molar-refractivity contribution in [2.45, 2.75) is 65.8 Å². The third-order valence-corrected chi connectivity index (χ3v) is 8.68. The van der Waals surface area contributed by atoms with Crippen molar-refractivity contribution in [3.63, 3.8) is 0 Å². The molecule has 220 valence electrons. The standard InChI is InChI=1S/C36H41ClN2O3/c1-6-19-35(2,3)33-29-21-28(42-24-38-20-9-11-26-10-7-8-12-30(26)38)17-18-31(29)39(23-25-13-15-27(37)16-14-25)32(33)22-36(4,5)34(40)41/h7-18,21H,6,19-20,22-24H2,1-5H3,(H,40,41). The minimum Gasteiger partial charge on any atom is -0.481 e. The van der Waals surface area contributed by atoms with Crippen molar-refractivity contribution in [2.24, 2.45) is 5.41 Å². The van der Waals surface area contributed by atoms with Gasteiger partial charge in [-0.25, -0.2) is 0 Å². The van der Waals surface area contributed by atoms with Crippen molar-refractivity contribution in [3.8, 4) is 5.75 Å². The van der Waals surface area contributed by atoms with E-state index in [2.05, 4.69) is 78.8 Å². The molecule has 3 aromatic carbocycles. The number of ether oxygens (including phenoxy) is 1. The number of para-hydroxylation sites is 1. The van der Waals surface area contributed by atoms with Crippen LogP contribution in [0.4, 0.5) is 5.69 Å². The SMILES string of the molecule is CCCC(C)(C)c1c(CC(C)(C)C(=O)O)n(Cc2ccc(Cl)cc2)c2ccc(OCN3CC=Cc4ccccc43)cc12. The van der Waals surface area contributed by atoms with Crippen molar-refractivity contribution in [1.82, 2.24) is 4.57 Å². The molecule has 6 heteroatoms. The maximum Gasteiger partial charge on any atom is 0.309 e. The largest absolute Gasteiger partial charge is 0.481 e. The first-order valence-electron chi connectivity index (χ1n) is 14.8. The van der Waals surface area contributed by atoms with Gasteiger partial charge in [0.25, 0.3) is 0 Å². The van der Waals surface area contributed by atoms with Crippen LogP contribution in [0.5, 0.6) is 5.75 Å². The maximum absolute atomic E-state index is 12.4. The van der Waals surface area contributed by atoms with Crippen LogP contribution in [0.3, 0.4) is 0 Å². The van der Waals surface area contributed by atoms with Crippen LogP contribution in [0.1, 0.15) is 69.8 Å². The number of hydrogen-bond donors (Lipinski definition) is 1. The summed E-state index contributed by atoms with van der Waals surface area (Å²) in [6, 6.07) is 22.6. The van der Waals surface area contributed by atoms with Crippen LogP contribution in [0, 0.1) is 5.41 Å². The number of halogens is 1. The molecule has 2 heterocycles. The Morgan fingerprint density at radius 2 is 1.76 bits per heavy atom. The topological polar surface area (TPSA) is 54.7 Å². The summed E-state index contributed by atoms with van der Waals surface area (Å²) in [5, 5.41) is 12.0. The number of carboxylic acids is 1. The van der Waals surface area contributed by atoms with Crippen molar-refractivity contribution in [1.29, 1.82) is 0 Å². The first kappa shape index (κ1) is 29.8. The normalized spacial score (nSPS) is 13.4.